The third kappa shape index (κ3) is 3.72. The van der Waals surface area contributed by atoms with Gasteiger partial charge in [0.2, 0.25) is 0 Å². The summed E-state index contributed by atoms with van der Waals surface area (Å²) < 4.78 is 13.7. The van der Waals surface area contributed by atoms with Crippen molar-refractivity contribution in [1.29, 1.82) is 0 Å². The van der Waals surface area contributed by atoms with Crippen LogP contribution in [0.2, 0.25) is 0 Å². The van der Waals surface area contributed by atoms with Crippen LogP contribution in [0.25, 0.3) is 0 Å². The average Bonchev–Trinajstić information content (AvgIpc) is 2.78. The van der Waals surface area contributed by atoms with Crippen LogP contribution in [0.4, 0.5) is 15.8 Å². The number of anilines is 2. The molecule has 0 spiro atoms. The Morgan fingerprint density at radius 1 is 1.48 bits per heavy atom. The van der Waals surface area contributed by atoms with Crippen LogP contribution < -0.4 is 11.1 Å². The lowest BCUT2D eigenvalue weighted by Gasteiger charge is -2.17. The van der Waals surface area contributed by atoms with Crippen molar-refractivity contribution in [3.63, 3.8) is 0 Å². The SMILES string of the molecule is Cc1ccc(CC(C)Nc2cc(F)c(C(=O)O)cc2N)s1. The molecule has 0 radical (unpaired) electrons. The van der Waals surface area contributed by atoms with Crippen LogP contribution in [0.1, 0.15) is 27.0 Å². The molecule has 0 fully saturated rings. The normalized spacial score (nSPS) is 12.1. The van der Waals surface area contributed by atoms with Crippen molar-refractivity contribution < 1.29 is 14.3 Å². The van der Waals surface area contributed by atoms with E-state index >= 15 is 0 Å². The number of halogens is 1. The number of aromatic carboxylic acids is 1. The smallest absolute Gasteiger partial charge is 0.338 e. The zero-order valence-corrected chi connectivity index (χ0v) is 12.6. The maximum absolute atomic E-state index is 13.7. The molecule has 2 rings (SSSR count). The molecule has 1 unspecified atom stereocenters. The van der Waals surface area contributed by atoms with E-state index < -0.39 is 17.3 Å². The van der Waals surface area contributed by atoms with E-state index in [1.54, 1.807) is 11.3 Å². The summed E-state index contributed by atoms with van der Waals surface area (Å²) in [7, 11) is 0. The molecule has 0 saturated heterocycles. The average molecular weight is 308 g/mol. The number of nitrogens with one attached hydrogen (secondary N) is 1. The zero-order valence-electron chi connectivity index (χ0n) is 11.8. The molecule has 1 atom stereocenters. The summed E-state index contributed by atoms with van der Waals surface area (Å²) in [4.78, 5) is 13.3. The number of rotatable bonds is 5. The fourth-order valence-electron chi connectivity index (χ4n) is 2.09. The molecule has 0 aliphatic heterocycles. The molecule has 1 aromatic heterocycles. The van der Waals surface area contributed by atoms with E-state index in [2.05, 4.69) is 17.4 Å². The Morgan fingerprint density at radius 2 is 2.19 bits per heavy atom. The number of benzene rings is 1. The Kier molecular flexibility index (Phi) is 4.47. The van der Waals surface area contributed by atoms with E-state index in [0.29, 0.717) is 5.69 Å². The second-order valence-corrected chi connectivity index (χ2v) is 6.36. The Hall–Kier alpha value is -2.08. The number of carboxylic acids is 1. The number of carbonyl (C=O) groups is 1. The fourth-order valence-corrected chi connectivity index (χ4v) is 3.11. The van der Waals surface area contributed by atoms with Gasteiger partial charge in [0.05, 0.1) is 16.9 Å². The first-order valence-electron chi connectivity index (χ1n) is 6.51. The standard InChI is InChI=1S/C15H17FN2O2S/c1-8(5-10-4-3-9(2)21-10)18-14-7-12(16)11(15(19)20)6-13(14)17/h3-4,6-8,18H,5,17H2,1-2H3,(H,19,20). The number of nitrogen functional groups attached to an aromatic ring is 1. The van der Waals surface area contributed by atoms with Crippen molar-refractivity contribution in [2.24, 2.45) is 0 Å². The third-order valence-electron chi connectivity index (χ3n) is 3.07. The maximum Gasteiger partial charge on any atom is 0.338 e. The van der Waals surface area contributed by atoms with E-state index in [0.717, 1.165) is 18.6 Å². The molecule has 1 heterocycles. The van der Waals surface area contributed by atoms with Gasteiger partial charge < -0.3 is 16.2 Å². The highest BCUT2D eigenvalue weighted by Crippen LogP contribution is 2.25. The number of aryl methyl sites for hydroxylation is 1. The summed E-state index contributed by atoms with van der Waals surface area (Å²) in [5.41, 5.74) is 6.01. The zero-order chi connectivity index (χ0) is 15.6. The van der Waals surface area contributed by atoms with Gasteiger partial charge in [-0.05, 0) is 38.1 Å². The summed E-state index contributed by atoms with van der Waals surface area (Å²) in [5.74, 6) is -2.12. The third-order valence-corrected chi connectivity index (χ3v) is 4.10. The van der Waals surface area contributed by atoms with E-state index in [1.807, 2.05) is 13.8 Å². The molecule has 21 heavy (non-hydrogen) atoms. The molecule has 1 aromatic carbocycles. The van der Waals surface area contributed by atoms with Crippen LogP contribution in [0, 0.1) is 12.7 Å². The quantitative estimate of drug-likeness (QED) is 0.739. The largest absolute Gasteiger partial charge is 0.478 e. The molecule has 0 saturated carbocycles. The van der Waals surface area contributed by atoms with Gasteiger partial charge in [0, 0.05) is 22.2 Å². The molecule has 0 aliphatic carbocycles. The summed E-state index contributed by atoms with van der Waals surface area (Å²) in [6.07, 6.45) is 0.792. The van der Waals surface area contributed by atoms with Gasteiger partial charge in [-0.15, -0.1) is 11.3 Å². The summed E-state index contributed by atoms with van der Waals surface area (Å²) in [5, 5.41) is 12.0. The first-order valence-corrected chi connectivity index (χ1v) is 7.32. The summed E-state index contributed by atoms with van der Waals surface area (Å²) in [6.45, 7) is 4.02. The predicted octanol–water partition coefficient (Wildman–Crippen LogP) is 3.52. The van der Waals surface area contributed by atoms with Crippen LogP contribution in [0.3, 0.4) is 0 Å². The van der Waals surface area contributed by atoms with Gasteiger partial charge in [-0.1, -0.05) is 0 Å². The lowest BCUT2D eigenvalue weighted by molar-refractivity contribution is 0.0692. The molecule has 6 heteroatoms. The van der Waals surface area contributed by atoms with Gasteiger partial charge in [0.15, 0.2) is 0 Å². The first kappa shape index (κ1) is 15.3. The molecule has 0 aliphatic rings. The van der Waals surface area contributed by atoms with E-state index in [1.165, 1.54) is 9.75 Å². The van der Waals surface area contributed by atoms with Crippen molar-refractivity contribution in [2.45, 2.75) is 26.3 Å². The van der Waals surface area contributed by atoms with Crippen molar-refractivity contribution in [2.75, 3.05) is 11.1 Å². The fraction of sp³-hybridized carbons (Fsp3) is 0.267. The molecule has 4 nitrogen and oxygen atoms in total. The van der Waals surface area contributed by atoms with E-state index in [4.69, 9.17) is 10.8 Å². The monoisotopic (exact) mass is 308 g/mol. The number of hydrogen-bond donors (Lipinski definition) is 3. The minimum absolute atomic E-state index is 0.0560. The Balaban J connectivity index is 2.12. The topological polar surface area (TPSA) is 75.3 Å². The van der Waals surface area contributed by atoms with Gasteiger partial charge in [0.1, 0.15) is 5.82 Å². The minimum atomic E-state index is -1.33. The van der Waals surface area contributed by atoms with Crippen molar-refractivity contribution >= 4 is 28.7 Å². The van der Waals surface area contributed by atoms with E-state index in [9.17, 15) is 9.18 Å². The molecule has 0 bridgehead atoms. The van der Waals surface area contributed by atoms with Crippen LogP contribution in [0.5, 0.6) is 0 Å². The van der Waals surface area contributed by atoms with Crippen LogP contribution in [0.15, 0.2) is 24.3 Å². The highest BCUT2D eigenvalue weighted by molar-refractivity contribution is 7.11. The molecular formula is C15H17FN2O2S. The Labute approximate surface area is 126 Å². The van der Waals surface area contributed by atoms with Crippen molar-refractivity contribution in [3.8, 4) is 0 Å². The van der Waals surface area contributed by atoms with Gasteiger partial charge in [-0.3, -0.25) is 0 Å². The second kappa shape index (κ2) is 6.13. The van der Waals surface area contributed by atoms with Crippen molar-refractivity contribution in [3.05, 3.63) is 45.4 Å². The highest BCUT2D eigenvalue weighted by atomic mass is 32.1. The van der Waals surface area contributed by atoms with Gasteiger partial charge >= 0.3 is 5.97 Å². The summed E-state index contributed by atoms with van der Waals surface area (Å²) in [6, 6.07) is 6.45. The predicted molar refractivity (Wildman–Crippen MR) is 83.6 cm³/mol. The molecule has 112 valence electrons. The number of thiophene rings is 1. The number of carboxylic acid groups (broad SMARTS) is 1. The Morgan fingerprint density at radius 3 is 2.76 bits per heavy atom. The lowest BCUT2D eigenvalue weighted by Crippen LogP contribution is -2.19. The van der Waals surface area contributed by atoms with Gasteiger partial charge in [-0.25, -0.2) is 9.18 Å². The number of nitrogens with two attached hydrogens (primary N) is 1. The molecule has 2 aromatic rings. The Bertz CT molecular complexity index is 670. The van der Waals surface area contributed by atoms with Crippen molar-refractivity contribution in [1.82, 2.24) is 0 Å². The second-order valence-electron chi connectivity index (χ2n) is 4.99. The first-order chi connectivity index (χ1) is 9.86. The summed E-state index contributed by atoms with van der Waals surface area (Å²) >= 11 is 1.72. The molecular weight excluding hydrogens is 291 g/mol. The van der Waals surface area contributed by atoms with Crippen LogP contribution in [-0.2, 0) is 6.42 Å². The van der Waals surface area contributed by atoms with Crippen LogP contribution >= 0.6 is 11.3 Å². The lowest BCUT2D eigenvalue weighted by atomic mass is 10.1. The molecule has 4 N–H and O–H groups in total. The molecule has 0 amide bonds. The van der Waals surface area contributed by atoms with Crippen LogP contribution in [-0.4, -0.2) is 17.1 Å². The number of hydrogen-bond acceptors (Lipinski definition) is 4. The maximum atomic E-state index is 13.7. The highest BCUT2D eigenvalue weighted by Gasteiger charge is 2.15. The minimum Gasteiger partial charge on any atom is -0.478 e. The van der Waals surface area contributed by atoms with E-state index in [-0.39, 0.29) is 11.7 Å². The van der Waals surface area contributed by atoms with Gasteiger partial charge in [0.25, 0.3) is 0 Å². The van der Waals surface area contributed by atoms with Gasteiger partial charge in [-0.2, -0.15) is 0 Å².